The first-order valence-corrected chi connectivity index (χ1v) is 9.80. The number of anilines is 1. The zero-order chi connectivity index (χ0) is 19.7. The third-order valence-electron chi connectivity index (χ3n) is 4.80. The quantitative estimate of drug-likeness (QED) is 0.616. The van der Waals surface area contributed by atoms with Crippen LogP contribution in [0.5, 0.6) is 0 Å². The highest BCUT2D eigenvalue weighted by molar-refractivity contribution is 9.10. The molecule has 0 spiro atoms. The van der Waals surface area contributed by atoms with Crippen molar-refractivity contribution in [2.45, 2.75) is 40.2 Å². The van der Waals surface area contributed by atoms with Gasteiger partial charge in [0.15, 0.2) is 0 Å². The van der Waals surface area contributed by atoms with Gasteiger partial charge in [-0.25, -0.2) is 0 Å². The summed E-state index contributed by atoms with van der Waals surface area (Å²) in [7, 11) is 0. The van der Waals surface area contributed by atoms with E-state index in [1.54, 1.807) is 10.6 Å². The number of halogens is 1. The summed E-state index contributed by atoms with van der Waals surface area (Å²) < 4.78 is 2.59. The second-order valence-corrected chi connectivity index (χ2v) is 7.85. The van der Waals surface area contributed by atoms with Gasteiger partial charge in [0.2, 0.25) is 5.91 Å². The number of nitrogens with zero attached hydrogens (tertiary/aromatic N) is 1. The lowest BCUT2D eigenvalue weighted by Gasteiger charge is -2.22. The van der Waals surface area contributed by atoms with Crippen molar-refractivity contribution in [1.29, 1.82) is 0 Å². The van der Waals surface area contributed by atoms with Crippen molar-refractivity contribution >= 4 is 38.4 Å². The number of aromatic nitrogens is 1. The number of nitrogens with one attached hydrogen (secondary N) is 1. The SMILES string of the molecule is CCC(C(=O)Nc1ccc(Br)cc1)n1c(=O)cc(C)c2cc(C)cc(C)c21. The van der Waals surface area contributed by atoms with Crippen LogP contribution in [0.3, 0.4) is 0 Å². The van der Waals surface area contributed by atoms with E-state index in [4.69, 9.17) is 0 Å². The van der Waals surface area contributed by atoms with E-state index in [2.05, 4.69) is 33.4 Å². The predicted molar refractivity (Wildman–Crippen MR) is 115 cm³/mol. The fourth-order valence-electron chi connectivity index (χ4n) is 3.58. The van der Waals surface area contributed by atoms with E-state index in [0.717, 1.165) is 32.1 Å². The summed E-state index contributed by atoms with van der Waals surface area (Å²) in [5.41, 5.74) is 4.47. The van der Waals surface area contributed by atoms with Crippen LogP contribution < -0.4 is 10.9 Å². The number of fused-ring (bicyclic) bond motifs is 1. The molecule has 0 aliphatic heterocycles. The number of benzene rings is 2. The highest BCUT2D eigenvalue weighted by atomic mass is 79.9. The second-order valence-electron chi connectivity index (χ2n) is 6.93. The molecule has 0 saturated carbocycles. The van der Waals surface area contributed by atoms with Crippen LogP contribution in [0.1, 0.15) is 36.1 Å². The molecule has 0 aliphatic carbocycles. The number of hydrogen-bond acceptors (Lipinski definition) is 2. The molecule has 1 unspecified atom stereocenters. The van der Waals surface area contributed by atoms with Crippen LogP contribution in [0, 0.1) is 20.8 Å². The maximum absolute atomic E-state index is 13.0. The van der Waals surface area contributed by atoms with Gasteiger partial charge in [0, 0.05) is 21.6 Å². The minimum Gasteiger partial charge on any atom is -0.324 e. The van der Waals surface area contributed by atoms with Gasteiger partial charge in [-0.15, -0.1) is 0 Å². The average Bonchev–Trinajstić information content (AvgIpc) is 2.60. The van der Waals surface area contributed by atoms with Crippen LogP contribution in [-0.2, 0) is 4.79 Å². The van der Waals surface area contributed by atoms with E-state index in [9.17, 15) is 9.59 Å². The van der Waals surface area contributed by atoms with Gasteiger partial charge < -0.3 is 5.32 Å². The van der Waals surface area contributed by atoms with Crippen molar-refractivity contribution in [1.82, 2.24) is 4.57 Å². The molecule has 1 amide bonds. The number of hydrogen-bond donors (Lipinski definition) is 1. The van der Waals surface area contributed by atoms with Crippen molar-refractivity contribution in [3.63, 3.8) is 0 Å². The number of amides is 1. The smallest absolute Gasteiger partial charge is 0.252 e. The Labute approximate surface area is 167 Å². The summed E-state index contributed by atoms with van der Waals surface area (Å²) in [6.45, 7) is 7.90. The standard InChI is InChI=1S/C22H23BrN2O2/c1-5-19(22(27)24-17-8-6-16(23)7-9-17)25-20(26)12-14(3)18-11-13(2)10-15(4)21(18)25/h6-12,19H,5H2,1-4H3,(H,24,27). The summed E-state index contributed by atoms with van der Waals surface area (Å²) in [5.74, 6) is -0.188. The lowest BCUT2D eigenvalue weighted by molar-refractivity contribution is -0.119. The van der Waals surface area contributed by atoms with Crippen molar-refractivity contribution in [2.24, 2.45) is 0 Å². The average molecular weight is 427 g/mol. The van der Waals surface area contributed by atoms with Gasteiger partial charge in [0.1, 0.15) is 6.04 Å². The van der Waals surface area contributed by atoms with Gasteiger partial charge >= 0.3 is 0 Å². The molecule has 1 atom stereocenters. The monoisotopic (exact) mass is 426 g/mol. The Bertz CT molecular complexity index is 1070. The van der Waals surface area contributed by atoms with E-state index in [1.165, 1.54) is 0 Å². The maximum atomic E-state index is 13.0. The van der Waals surface area contributed by atoms with E-state index in [-0.39, 0.29) is 11.5 Å². The molecule has 0 saturated heterocycles. The fourth-order valence-corrected chi connectivity index (χ4v) is 3.84. The van der Waals surface area contributed by atoms with E-state index in [1.807, 2.05) is 52.0 Å². The summed E-state index contributed by atoms with van der Waals surface area (Å²) >= 11 is 3.39. The van der Waals surface area contributed by atoms with Crippen LogP contribution in [0.2, 0.25) is 0 Å². The Morgan fingerprint density at radius 3 is 2.37 bits per heavy atom. The molecular formula is C22H23BrN2O2. The number of rotatable bonds is 4. The second kappa shape index (κ2) is 7.69. The third kappa shape index (κ3) is 3.83. The molecule has 0 bridgehead atoms. The zero-order valence-electron chi connectivity index (χ0n) is 16.0. The molecule has 0 fully saturated rings. The maximum Gasteiger partial charge on any atom is 0.252 e. The topological polar surface area (TPSA) is 51.1 Å². The first kappa shape index (κ1) is 19.4. The Morgan fingerprint density at radius 1 is 1.07 bits per heavy atom. The van der Waals surface area contributed by atoms with Crippen molar-refractivity contribution < 1.29 is 4.79 Å². The van der Waals surface area contributed by atoms with Crippen LogP contribution in [0.15, 0.2) is 51.7 Å². The normalized spacial score (nSPS) is 12.2. The molecule has 0 aliphatic rings. The number of carbonyl (C=O) groups excluding carboxylic acids is 1. The Morgan fingerprint density at radius 2 is 1.74 bits per heavy atom. The predicted octanol–water partition coefficient (Wildman–Crippen LogP) is 5.28. The molecule has 3 rings (SSSR count). The van der Waals surface area contributed by atoms with E-state index in [0.29, 0.717) is 12.1 Å². The third-order valence-corrected chi connectivity index (χ3v) is 5.33. The van der Waals surface area contributed by atoms with Crippen molar-refractivity contribution in [3.05, 3.63) is 74.0 Å². The first-order valence-electron chi connectivity index (χ1n) is 9.01. The molecule has 3 aromatic rings. The first-order chi connectivity index (χ1) is 12.8. The van der Waals surface area contributed by atoms with Gasteiger partial charge in [0.05, 0.1) is 5.52 Å². The minimum atomic E-state index is -0.578. The van der Waals surface area contributed by atoms with Crippen LogP contribution in [0.25, 0.3) is 10.9 Å². The Hall–Kier alpha value is -2.40. The van der Waals surface area contributed by atoms with Crippen molar-refractivity contribution in [2.75, 3.05) is 5.32 Å². The molecule has 5 heteroatoms. The molecule has 140 valence electrons. The Kier molecular flexibility index (Phi) is 5.51. The molecule has 27 heavy (non-hydrogen) atoms. The lowest BCUT2D eigenvalue weighted by atomic mass is 10.0. The van der Waals surface area contributed by atoms with Gasteiger partial charge in [-0.2, -0.15) is 0 Å². The molecule has 1 heterocycles. The van der Waals surface area contributed by atoms with E-state index < -0.39 is 6.04 Å². The summed E-state index contributed by atoms with van der Waals surface area (Å²) in [4.78, 5) is 25.9. The highest BCUT2D eigenvalue weighted by Gasteiger charge is 2.23. The lowest BCUT2D eigenvalue weighted by Crippen LogP contribution is -2.33. The van der Waals surface area contributed by atoms with Gasteiger partial charge in [-0.1, -0.05) is 34.5 Å². The molecule has 0 radical (unpaired) electrons. The van der Waals surface area contributed by atoms with Gasteiger partial charge in [-0.05, 0) is 68.7 Å². The highest BCUT2D eigenvalue weighted by Crippen LogP contribution is 2.26. The fraction of sp³-hybridized carbons (Fsp3) is 0.273. The van der Waals surface area contributed by atoms with Gasteiger partial charge in [0.25, 0.3) is 5.56 Å². The number of aryl methyl sites for hydroxylation is 3. The molecule has 1 aromatic heterocycles. The van der Waals surface area contributed by atoms with Crippen LogP contribution >= 0.6 is 15.9 Å². The number of pyridine rings is 1. The summed E-state index contributed by atoms with van der Waals surface area (Å²) in [6, 6.07) is 12.6. The van der Waals surface area contributed by atoms with Crippen LogP contribution in [0.4, 0.5) is 5.69 Å². The van der Waals surface area contributed by atoms with Crippen molar-refractivity contribution in [3.8, 4) is 0 Å². The largest absolute Gasteiger partial charge is 0.324 e. The molecule has 4 nitrogen and oxygen atoms in total. The summed E-state index contributed by atoms with van der Waals surface area (Å²) in [6.07, 6.45) is 0.522. The van der Waals surface area contributed by atoms with Gasteiger partial charge in [-0.3, -0.25) is 14.2 Å². The van der Waals surface area contributed by atoms with E-state index >= 15 is 0 Å². The molecule has 2 aromatic carbocycles. The molecule has 1 N–H and O–H groups in total. The van der Waals surface area contributed by atoms with Crippen LogP contribution in [-0.4, -0.2) is 10.5 Å². The molecular weight excluding hydrogens is 404 g/mol. The minimum absolute atomic E-state index is 0.148. The summed E-state index contributed by atoms with van der Waals surface area (Å²) in [5, 5.41) is 3.95. The number of carbonyl (C=O) groups is 1. The zero-order valence-corrected chi connectivity index (χ0v) is 17.6. The Balaban J connectivity index is 2.12.